The van der Waals surface area contributed by atoms with Crippen molar-refractivity contribution in [3.05, 3.63) is 17.0 Å². The van der Waals surface area contributed by atoms with Gasteiger partial charge in [-0.1, -0.05) is 6.92 Å². The first kappa shape index (κ1) is 13.2. The van der Waals surface area contributed by atoms with Crippen molar-refractivity contribution in [1.29, 1.82) is 0 Å². The number of hydrogen-bond donors (Lipinski definition) is 1. The fraction of sp³-hybridized carbons (Fsp3) is 0.750. The molecule has 1 rings (SSSR count). The van der Waals surface area contributed by atoms with E-state index in [1.165, 1.54) is 11.3 Å². The number of methoxy groups -OCH3 is 1. The summed E-state index contributed by atoms with van der Waals surface area (Å²) >= 11 is 0. The predicted octanol–water partition coefficient (Wildman–Crippen LogP) is 1.72. The summed E-state index contributed by atoms with van der Waals surface area (Å²) in [5.41, 5.74) is 3.58. The molecule has 0 spiro atoms. The van der Waals surface area contributed by atoms with Gasteiger partial charge in [0.25, 0.3) is 0 Å². The Morgan fingerprint density at radius 3 is 2.56 bits per heavy atom. The van der Waals surface area contributed by atoms with Gasteiger partial charge < -0.3 is 10.1 Å². The van der Waals surface area contributed by atoms with E-state index in [1.807, 2.05) is 11.7 Å². The smallest absolute Gasteiger partial charge is 0.0659 e. The van der Waals surface area contributed by atoms with E-state index >= 15 is 0 Å². The number of rotatable bonds is 6. The van der Waals surface area contributed by atoms with Crippen LogP contribution in [0.3, 0.4) is 0 Å². The molecule has 4 heteroatoms. The quantitative estimate of drug-likeness (QED) is 0.801. The highest BCUT2D eigenvalue weighted by Gasteiger charge is 2.19. The molecule has 0 radical (unpaired) electrons. The van der Waals surface area contributed by atoms with E-state index < -0.39 is 0 Å². The zero-order chi connectivity index (χ0) is 12.1. The highest BCUT2D eigenvalue weighted by Crippen LogP contribution is 2.21. The Morgan fingerprint density at radius 1 is 1.44 bits per heavy atom. The molecule has 0 bridgehead atoms. The second-order valence-corrected chi connectivity index (χ2v) is 4.17. The molecule has 0 aliphatic heterocycles. The molecule has 0 aliphatic carbocycles. The summed E-state index contributed by atoms with van der Waals surface area (Å²) < 4.78 is 7.21. The molecular weight excluding hydrogens is 202 g/mol. The van der Waals surface area contributed by atoms with Crippen molar-refractivity contribution in [2.45, 2.75) is 33.2 Å². The first-order valence-electron chi connectivity index (χ1n) is 5.84. The molecule has 1 atom stereocenters. The number of hydrogen-bond acceptors (Lipinski definition) is 3. The molecule has 1 N–H and O–H groups in total. The SMILES string of the molecule is CCCNC(COC)c1c(C)nn(C)c1C. The van der Waals surface area contributed by atoms with Crippen molar-refractivity contribution in [2.75, 3.05) is 20.3 Å². The number of nitrogens with zero attached hydrogens (tertiary/aromatic N) is 2. The van der Waals surface area contributed by atoms with E-state index in [-0.39, 0.29) is 6.04 Å². The van der Waals surface area contributed by atoms with Gasteiger partial charge in [-0.3, -0.25) is 4.68 Å². The molecule has 0 saturated heterocycles. The molecule has 0 aliphatic rings. The van der Waals surface area contributed by atoms with Crippen LogP contribution in [0, 0.1) is 13.8 Å². The molecule has 0 amide bonds. The molecule has 0 saturated carbocycles. The van der Waals surface area contributed by atoms with E-state index in [1.54, 1.807) is 7.11 Å². The van der Waals surface area contributed by atoms with Crippen molar-refractivity contribution in [3.63, 3.8) is 0 Å². The van der Waals surface area contributed by atoms with Gasteiger partial charge in [0.15, 0.2) is 0 Å². The summed E-state index contributed by atoms with van der Waals surface area (Å²) in [6.45, 7) is 8.01. The lowest BCUT2D eigenvalue weighted by atomic mass is 10.1. The highest BCUT2D eigenvalue weighted by molar-refractivity contribution is 5.28. The average molecular weight is 225 g/mol. The monoisotopic (exact) mass is 225 g/mol. The average Bonchev–Trinajstić information content (AvgIpc) is 2.49. The van der Waals surface area contributed by atoms with Gasteiger partial charge in [-0.15, -0.1) is 0 Å². The van der Waals surface area contributed by atoms with Gasteiger partial charge in [0.2, 0.25) is 0 Å². The standard InChI is InChI=1S/C12H23N3O/c1-6-7-13-11(8-16-5)12-9(2)14-15(4)10(12)3/h11,13H,6-8H2,1-5H3. The molecule has 1 unspecified atom stereocenters. The number of ether oxygens (including phenoxy) is 1. The Morgan fingerprint density at radius 2 is 2.12 bits per heavy atom. The topological polar surface area (TPSA) is 39.1 Å². The van der Waals surface area contributed by atoms with Crippen LogP contribution < -0.4 is 5.32 Å². The predicted molar refractivity (Wildman–Crippen MR) is 65.6 cm³/mol. The lowest BCUT2D eigenvalue weighted by Gasteiger charge is -2.18. The molecule has 1 heterocycles. The summed E-state index contributed by atoms with van der Waals surface area (Å²) in [4.78, 5) is 0. The lowest BCUT2D eigenvalue weighted by molar-refractivity contribution is 0.166. The maximum Gasteiger partial charge on any atom is 0.0659 e. The summed E-state index contributed by atoms with van der Waals surface area (Å²) in [7, 11) is 3.72. The van der Waals surface area contributed by atoms with Crippen LogP contribution in [0.1, 0.15) is 36.3 Å². The minimum Gasteiger partial charge on any atom is -0.383 e. The van der Waals surface area contributed by atoms with Gasteiger partial charge in [-0.05, 0) is 26.8 Å². The van der Waals surface area contributed by atoms with Crippen LogP contribution in [0.2, 0.25) is 0 Å². The Kier molecular flexibility index (Phi) is 4.96. The summed E-state index contributed by atoms with van der Waals surface area (Å²) in [6, 6.07) is 0.249. The van der Waals surface area contributed by atoms with Crippen molar-refractivity contribution >= 4 is 0 Å². The van der Waals surface area contributed by atoms with Crippen LogP contribution in [-0.4, -0.2) is 30.0 Å². The van der Waals surface area contributed by atoms with Crippen molar-refractivity contribution in [3.8, 4) is 0 Å². The number of aryl methyl sites for hydroxylation is 2. The van der Waals surface area contributed by atoms with Crippen LogP contribution in [0.15, 0.2) is 0 Å². The molecule has 16 heavy (non-hydrogen) atoms. The van der Waals surface area contributed by atoms with Crippen molar-refractivity contribution in [2.24, 2.45) is 7.05 Å². The van der Waals surface area contributed by atoms with E-state index in [4.69, 9.17) is 4.74 Å². The van der Waals surface area contributed by atoms with E-state index in [9.17, 15) is 0 Å². The fourth-order valence-corrected chi connectivity index (χ4v) is 2.02. The van der Waals surface area contributed by atoms with Gasteiger partial charge in [0.1, 0.15) is 0 Å². The second-order valence-electron chi connectivity index (χ2n) is 4.17. The zero-order valence-corrected chi connectivity index (χ0v) is 11.0. The Labute approximate surface area is 98.0 Å². The largest absolute Gasteiger partial charge is 0.383 e. The third kappa shape index (κ3) is 2.83. The Bertz CT molecular complexity index is 333. The second kappa shape index (κ2) is 6.01. The summed E-state index contributed by atoms with van der Waals surface area (Å²) in [6.07, 6.45) is 1.12. The molecular formula is C12H23N3O. The maximum absolute atomic E-state index is 5.28. The molecule has 92 valence electrons. The molecule has 4 nitrogen and oxygen atoms in total. The zero-order valence-electron chi connectivity index (χ0n) is 11.0. The van der Waals surface area contributed by atoms with Gasteiger partial charge in [-0.25, -0.2) is 0 Å². The fourth-order valence-electron chi connectivity index (χ4n) is 2.02. The van der Waals surface area contributed by atoms with Crippen molar-refractivity contribution < 1.29 is 4.74 Å². The third-order valence-electron chi connectivity index (χ3n) is 2.89. The third-order valence-corrected chi connectivity index (χ3v) is 2.89. The van der Waals surface area contributed by atoms with Gasteiger partial charge in [-0.2, -0.15) is 5.10 Å². The normalized spacial score (nSPS) is 13.1. The minimum atomic E-state index is 0.249. The van der Waals surface area contributed by atoms with Crippen LogP contribution in [-0.2, 0) is 11.8 Å². The molecule has 0 fully saturated rings. The van der Waals surface area contributed by atoms with E-state index in [0.717, 1.165) is 18.7 Å². The number of aromatic nitrogens is 2. The lowest BCUT2D eigenvalue weighted by Crippen LogP contribution is -2.27. The first-order valence-corrected chi connectivity index (χ1v) is 5.84. The molecule has 0 aromatic carbocycles. The van der Waals surface area contributed by atoms with E-state index in [2.05, 4.69) is 31.2 Å². The van der Waals surface area contributed by atoms with Gasteiger partial charge in [0.05, 0.1) is 18.3 Å². The van der Waals surface area contributed by atoms with Crippen molar-refractivity contribution in [1.82, 2.24) is 15.1 Å². The molecule has 1 aromatic rings. The van der Waals surface area contributed by atoms with Crippen LogP contribution in [0.25, 0.3) is 0 Å². The van der Waals surface area contributed by atoms with Crippen LogP contribution in [0.5, 0.6) is 0 Å². The first-order chi connectivity index (χ1) is 7.61. The Hall–Kier alpha value is -0.870. The van der Waals surface area contributed by atoms with Crippen LogP contribution >= 0.6 is 0 Å². The van der Waals surface area contributed by atoms with Crippen LogP contribution in [0.4, 0.5) is 0 Å². The van der Waals surface area contributed by atoms with E-state index in [0.29, 0.717) is 6.61 Å². The minimum absolute atomic E-state index is 0.249. The van der Waals surface area contributed by atoms with Gasteiger partial charge in [0, 0.05) is 25.4 Å². The summed E-state index contributed by atoms with van der Waals surface area (Å²) in [5, 5.41) is 7.95. The number of nitrogens with one attached hydrogen (secondary N) is 1. The molecule has 1 aromatic heterocycles. The maximum atomic E-state index is 5.28. The Balaban J connectivity index is 2.90. The summed E-state index contributed by atoms with van der Waals surface area (Å²) in [5.74, 6) is 0. The highest BCUT2D eigenvalue weighted by atomic mass is 16.5. The van der Waals surface area contributed by atoms with Gasteiger partial charge >= 0.3 is 0 Å².